The van der Waals surface area contributed by atoms with Crippen LogP contribution in [-0.2, 0) is 55.5 Å². The first-order valence-electron chi connectivity index (χ1n) is 17.9. The Bertz CT molecular complexity index is 2110. The van der Waals surface area contributed by atoms with Crippen molar-refractivity contribution < 1.29 is 85.3 Å². The molecule has 0 saturated carbocycles. The second-order valence-corrected chi connectivity index (χ2v) is 20.4. The van der Waals surface area contributed by atoms with Crippen LogP contribution in [0.25, 0.3) is 11.2 Å². The molecule has 25 nitrogen and oxygen atoms in total. The number of ether oxygens (including phenoxy) is 1. The van der Waals surface area contributed by atoms with Crippen molar-refractivity contribution in [1.29, 1.82) is 0 Å². The number of imidazole rings is 1. The van der Waals surface area contributed by atoms with Gasteiger partial charge < -0.3 is 50.9 Å². The molecule has 1 fully saturated rings. The minimum atomic E-state index is -5.59. The minimum Gasteiger partial charge on any atom is -0.386 e. The third-order valence-corrected chi connectivity index (χ3v) is 13.7. The second-order valence-electron chi connectivity index (χ2n) is 15.0. The molecule has 0 bridgehead atoms. The van der Waals surface area contributed by atoms with Crippen molar-refractivity contribution in [1.82, 2.24) is 30.2 Å². The van der Waals surface area contributed by atoms with Crippen LogP contribution in [0, 0.1) is 16.7 Å². The van der Waals surface area contributed by atoms with E-state index in [-0.39, 0.29) is 59.6 Å². The number of thioether (sulfide) groups is 1. The Morgan fingerprint density at radius 2 is 1.73 bits per heavy atom. The van der Waals surface area contributed by atoms with Crippen LogP contribution in [0.3, 0.4) is 0 Å². The highest BCUT2D eigenvalue weighted by molar-refractivity contribution is 8.13. The summed E-state index contributed by atoms with van der Waals surface area (Å²) in [6.45, 7) is 6.00. The van der Waals surface area contributed by atoms with Gasteiger partial charge in [-0.25, -0.2) is 28.6 Å². The molecule has 1 aliphatic heterocycles. The number of fused-ring (bicyclic) bond motifs is 1. The van der Waals surface area contributed by atoms with Gasteiger partial charge >= 0.3 is 23.5 Å². The van der Waals surface area contributed by atoms with Crippen LogP contribution in [0.2, 0.25) is 0 Å². The van der Waals surface area contributed by atoms with Gasteiger partial charge in [0, 0.05) is 43.0 Å². The van der Waals surface area contributed by atoms with Crippen molar-refractivity contribution in [2.24, 2.45) is 16.7 Å². The summed E-state index contributed by atoms with van der Waals surface area (Å²) in [5.74, 6) is -1.80. The number of amides is 2. The molecule has 2 aromatic rings. The van der Waals surface area contributed by atoms with E-state index in [0.717, 1.165) is 34.6 Å². The van der Waals surface area contributed by atoms with Crippen molar-refractivity contribution in [2.75, 3.05) is 37.8 Å². The maximum absolute atomic E-state index is 12.7. The second kappa shape index (κ2) is 19.6. The highest BCUT2D eigenvalue weighted by Crippen LogP contribution is 2.61. The largest absolute Gasteiger partial charge is 0.481 e. The Morgan fingerprint density at radius 1 is 1.07 bits per heavy atom. The molecule has 29 heteroatoms. The quantitative estimate of drug-likeness (QED) is 0.0597. The first-order chi connectivity index (χ1) is 27.6. The number of hydrogen-bond acceptors (Lipinski definition) is 19. The van der Waals surface area contributed by atoms with Crippen LogP contribution in [0.4, 0.5) is 5.82 Å². The summed E-state index contributed by atoms with van der Waals surface area (Å²) >= 11 is 0.986. The average molecular weight is 932 g/mol. The van der Waals surface area contributed by atoms with Gasteiger partial charge in [-0.1, -0.05) is 45.0 Å². The van der Waals surface area contributed by atoms with Gasteiger partial charge in [0.2, 0.25) is 11.8 Å². The number of carbonyl (C=O) groups is 4. The SMILES string of the molecule is CC1=CC(=O)[C@H](CC(=O)SCCNC(=O)CCNC(=O)[C@H](O)C(C)(C)COP(=O)(O)OP(=O)(O)OC[C@H]2O[C@@H](n3cnc4c(N)ncnc43)[C@H](O)[C@@H]2OP(=O)(O)O)C1(C)C. The van der Waals surface area contributed by atoms with Crippen molar-refractivity contribution in [2.45, 2.75) is 78.1 Å². The standard InChI is InChI=1S/C31H48N7O18P3S/c1-16-10-18(39)17(31(16,4)5)11-21(41)60-9-8-33-20(40)6-7-34-28(44)25(43)30(2,3)13-53-59(50,51)56-58(48,49)52-12-19-24(55-57(45,46)47)23(42)29(54-19)38-15-37-22-26(32)35-14-36-27(22)38/h10,14-15,17,19,23-25,29,42-43H,6-9,11-13H2,1-5H3,(H,33,40)(H,34,44)(H,48,49)(H,50,51)(H2,32,35,36)(H2,45,46,47)/t17-,19+,23+,24+,25-,29+/m0/s1. The lowest BCUT2D eigenvalue weighted by molar-refractivity contribution is -0.137. The third-order valence-electron chi connectivity index (χ3n) is 9.73. The molecule has 60 heavy (non-hydrogen) atoms. The molecule has 4 rings (SSSR count). The van der Waals surface area contributed by atoms with Gasteiger partial charge in [0.15, 0.2) is 28.6 Å². The average Bonchev–Trinajstić information content (AvgIpc) is 3.75. The molecule has 1 saturated heterocycles. The fraction of sp³-hybridized carbons (Fsp3) is 0.645. The molecule has 1 aliphatic carbocycles. The lowest BCUT2D eigenvalue weighted by atomic mass is 9.76. The summed E-state index contributed by atoms with van der Waals surface area (Å²) in [7, 11) is -16.4. The number of nitrogens with zero attached hydrogens (tertiary/aromatic N) is 4. The van der Waals surface area contributed by atoms with E-state index in [1.807, 2.05) is 20.8 Å². The van der Waals surface area contributed by atoms with Crippen LogP contribution in [0.5, 0.6) is 0 Å². The Labute approximate surface area is 346 Å². The molecule has 0 spiro atoms. The van der Waals surface area contributed by atoms with Crippen LogP contribution in [-0.4, -0.2) is 128 Å². The maximum atomic E-state index is 12.7. The Morgan fingerprint density at radius 3 is 2.37 bits per heavy atom. The van der Waals surface area contributed by atoms with E-state index >= 15 is 0 Å². The third kappa shape index (κ3) is 13.0. The molecule has 2 unspecified atom stereocenters. The van der Waals surface area contributed by atoms with Gasteiger partial charge in [-0.05, 0) is 18.4 Å². The number of anilines is 1. The van der Waals surface area contributed by atoms with Gasteiger partial charge in [-0.3, -0.25) is 37.3 Å². The topological polar surface area (TPSA) is 381 Å². The number of aliphatic hydroxyl groups excluding tert-OH is 2. The lowest BCUT2D eigenvalue weighted by Crippen LogP contribution is -2.46. The number of aromatic nitrogens is 4. The number of nitrogens with one attached hydrogen (secondary N) is 2. The van der Waals surface area contributed by atoms with E-state index in [9.17, 15) is 62.7 Å². The van der Waals surface area contributed by atoms with Gasteiger partial charge in [0.1, 0.15) is 36.3 Å². The predicted octanol–water partition coefficient (Wildman–Crippen LogP) is 0.226. The molecule has 2 aliphatic rings. The predicted molar refractivity (Wildman–Crippen MR) is 208 cm³/mol. The number of phosphoric acid groups is 3. The summed E-state index contributed by atoms with van der Waals surface area (Å²) in [5.41, 5.74) is 4.73. The van der Waals surface area contributed by atoms with E-state index in [0.29, 0.717) is 0 Å². The van der Waals surface area contributed by atoms with Crippen LogP contribution < -0.4 is 16.4 Å². The zero-order valence-corrected chi connectivity index (χ0v) is 36.3. The van der Waals surface area contributed by atoms with Gasteiger partial charge in [-0.15, -0.1) is 0 Å². The first-order valence-corrected chi connectivity index (χ1v) is 23.4. The molecule has 2 aromatic heterocycles. The minimum absolute atomic E-state index is 0.0244. The molecule has 336 valence electrons. The lowest BCUT2D eigenvalue weighted by Gasteiger charge is -2.30. The molecule has 0 aromatic carbocycles. The summed E-state index contributed by atoms with van der Waals surface area (Å²) in [5, 5.41) is 26.2. The molecular formula is C31H48N7O18P3S. The number of aliphatic hydroxyl groups is 2. The Balaban J connectivity index is 1.20. The van der Waals surface area contributed by atoms with Gasteiger partial charge in [0.05, 0.1) is 19.5 Å². The van der Waals surface area contributed by atoms with Crippen molar-refractivity contribution >= 4 is 74.9 Å². The number of allylic oxidation sites excluding steroid dienone is 2. The summed E-state index contributed by atoms with van der Waals surface area (Å²) in [4.78, 5) is 101. The normalized spacial score (nSPS) is 24.4. The number of ketones is 1. The van der Waals surface area contributed by atoms with E-state index in [1.54, 1.807) is 6.08 Å². The molecule has 2 amide bonds. The van der Waals surface area contributed by atoms with Crippen molar-refractivity contribution in [3.63, 3.8) is 0 Å². The Hall–Kier alpha value is -3.03. The van der Waals surface area contributed by atoms with Crippen molar-refractivity contribution in [3.8, 4) is 0 Å². The molecule has 8 atom stereocenters. The number of rotatable bonds is 21. The number of nitrogens with two attached hydrogens (primary N) is 1. The number of carbonyl (C=O) groups excluding carboxylic acids is 4. The Kier molecular flexibility index (Phi) is 16.2. The smallest absolute Gasteiger partial charge is 0.386 e. The summed E-state index contributed by atoms with van der Waals surface area (Å²) in [6.07, 6.45) is -5.40. The number of phosphoric ester groups is 3. The molecule has 3 heterocycles. The molecular weight excluding hydrogens is 883 g/mol. The van der Waals surface area contributed by atoms with E-state index < -0.39 is 95.9 Å². The van der Waals surface area contributed by atoms with E-state index in [4.69, 9.17) is 19.5 Å². The van der Waals surface area contributed by atoms with Crippen LogP contribution in [0.15, 0.2) is 24.3 Å². The van der Waals surface area contributed by atoms with Gasteiger partial charge in [0.25, 0.3) is 0 Å². The molecule has 10 N–H and O–H groups in total. The highest BCUT2D eigenvalue weighted by Gasteiger charge is 2.50. The van der Waals surface area contributed by atoms with E-state index in [1.165, 1.54) is 13.8 Å². The van der Waals surface area contributed by atoms with E-state index in [2.05, 4.69) is 34.4 Å². The summed E-state index contributed by atoms with van der Waals surface area (Å²) in [6, 6.07) is 0. The number of hydrogen-bond donors (Lipinski definition) is 9. The summed E-state index contributed by atoms with van der Waals surface area (Å²) < 4.78 is 62.2. The van der Waals surface area contributed by atoms with Gasteiger partial charge in [-0.2, -0.15) is 4.31 Å². The first kappa shape index (κ1) is 49.6. The monoisotopic (exact) mass is 931 g/mol. The number of nitrogen functional groups attached to an aromatic ring is 1. The fourth-order valence-corrected chi connectivity index (χ4v) is 9.55. The van der Waals surface area contributed by atoms with Crippen molar-refractivity contribution in [3.05, 3.63) is 24.3 Å². The zero-order valence-electron chi connectivity index (χ0n) is 32.8. The molecule has 0 radical (unpaired) electrons. The highest BCUT2D eigenvalue weighted by atomic mass is 32.2. The van der Waals surface area contributed by atoms with Crippen LogP contribution >= 0.6 is 35.2 Å². The maximum Gasteiger partial charge on any atom is 0.481 e. The van der Waals surface area contributed by atoms with Crippen LogP contribution in [0.1, 0.15) is 53.7 Å². The fourth-order valence-electron chi connectivity index (χ4n) is 6.01. The zero-order chi connectivity index (χ0) is 45.0.